The van der Waals surface area contributed by atoms with Gasteiger partial charge in [0.25, 0.3) is 5.89 Å². The molecule has 1 aromatic carbocycles. The van der Waals surface area contributed by atoms with Crippen molar-refractivity contribution in [3.8, 4) is 23.0 Å². The first-order valence-corrected chi connectivity index (χ1v) is 6.20. The zero-order valence-electron chi connectivity index (χ0n) is 9.55. The van der Waals surface area contributed by atoms with Gasteiger partial charge in [0.1, 0.15) is 5.69 Å². The van der Waals surface area contributed by atoms with Crippen molar-refractivity contribution in [3.05, 3.63) is 52.6 Å². The minimum atomic E-state index is 0.335. The van der Waals surface area contributed by atoms with E-state index < -0.39 is 0 Å². The lowest BCUT2D eigenvalue weighted by Gasteiger charge is -1.98. The molecule has 0 atom stereocenters. The fraction of sp³-hybridized carbons (Fsp3) is 0. The average Bonchev–Trinajstić information content (AvgIpc) is 2.89. The van der Waals surface area contributed by atoms with Gasteiger partial charge in [0.05, 0.1) is 10.6 Å². The van der Waals surface area contributed by atoms with E-state index in [0.717, 1.165) is 0 Å². The summed E-state index contributed by atoms with van der Waals surface area (Å²) in [6.45, 7) is 0. The molecule has 94 valence electrons. The molecule has 6 heteroatoms. The molecule has 2 aromatic heterocycles. The predicted octanol–water partition coefficient (Wildman–Crippen LogP) is 4.11. The van der Waals surface area contributed by atoms with Crippen molar-refractivity contribution < 1.29 is 4.52 Å². The van der Waals surface area contributed by atoms with Gasteiger partial charge in [-0.3, -0.25) is 4.98 Å². The highest BCUT2D eigenvalue weighted by atomic mass is 35.5. The molecule has 2 heterocycles. The Morgan fingerprint density at radius 3 is 2.68 bits per heavy atom. The standard InChI is InChI=1S/C13H7Cl2N3O/c14-8-4-5-9(10(15)7-8)13-17-12(18-19-13)11-3-1-2-6-16-11/h1-7H. The van der Waals surface area contributed by atoms with Crippen LogP contribution in [0.25, 0.3) is 23.0 Å². The summed E-state index contributed by atoms with van der Waals surface area (Å²) in [5.74, 6) is 0.754. The van der Waals surface area contributed by atoms with E-state index in [9.17, 15) is 0 Å². The zero-order valence-corrected chi connectivity index (χ0v) is 11.1. The summed E-state index contributed by atoms with van der Waals surface area (Å²) in [6.07, 6.45) is 1.67. The molecule has 0 aliphatic heterocycles. The number of aromatic nitrogens is 3. The van der Waals surface area contributed by atoms with Crippen molar-refractivity contribution in [2.24, 2.45) is 0 Å². The predicted molar refractivity (Wildman–Crippen MR) is 73.0 cm³/mol. The summed E-state index contributed by atoms with van der Waals surface area (Å²) < 4.78 is 5.20. The fourth-order valence-electron chi connectivity index (χ4n) is 1.59. The van der Waals surface area contributed by atoms with E-state index >= 15 is 0 Å². The van der Waals surface area contributed by atoms with E-state index in [1.807, 2.05) is 12.1 Å². The van der Waals surface area contributed by atoms with E-state index in [-0.39, 0.29) is 0 Å². The quantitative estimate of drug-likeness (QED) is 0.713. The molecular formula is C13H7Cl2N3O. The highest BCUT2D eigenvalue weighted by Gasteiger charge is 2.14. The van der Waals surface area contributed by atoms with E-state index in [1.54, 1.807) is 30.5 Å². The van der Waals surface area contributed by atoms with E-state index in [2.05, 4.69) is 15.1 Å². The lowest BCUT2D eigenvalue weighted by molar-refractivity contribution is 0.432. The van der Waals surface area contributed by atoms with Crippen LogP contribution in [0.15, 0.2) is 47.1 Å². The molecule has 3 rings (SSSR count). The maximum Gasteiger partial charge on any atom is 0.259 e. The lowest BCUT2D eigenvalue weighted by Crippen LogP contribution is -1.84. The molecule has 0 bridgehead atoms. The van der Waals surface area contributed by atoms with Crippen molar-refractivity contribution in [2.45, 2.75) is 0 Å². The fourth-order valence-corrected chi connectivity index (χ4v) is 2.08. The van der Waals surface area contributed by atoms with Crippen LogP contribution >= 0.6 is 23.2 Å². The second-order valence-corrected chi connectivity index (χ2v) is 4.61. The number of benzene rings is 1. The number of nitrogens with zero attached hydrogens (tertiary/aromatic N) is 3. The maximum absolute atomic E-state index is 6.09. The number of hydrogen-bond donors (Lipinski definition) is 0. The van der Waals surface area contributed by atoms with Gasteiger partial charge in [0.2, 0.25) is 5.82 Å². The summed E-state index contributed by atoms with van der Waals surface area (Å²) in [5, 5.41) is 4.90. The highest BCUT2D eigenvalue weighted by molar-refractivity contribution is 6.36. The van der Waals surface area contributed by atoms with Crippen molar-refractivity contribution in [1.82, 2.24) is 15.1 Å². The van der Waals surface area contributed by atoms with Crippen molar-refractivity contribution in [1.29, 1.82) is 0 Å². The summed E-state index contributed by atoms with van der Waals surface area (Å²) >= 11 is 11.9. The SMILES string of the molecule is Clc1ccc(-c2nc(-c3ccccn3)no2)c(Cl)c1. The van der Waals surface area contributed by atoms with E-state index in [0.29, 0.717) is 33.0 Å². The third-order valence-electron chi connectivity index (χ3n) is 2.48. The Morgan fingerprint density at radius 1 is 1.05 bits per heavy atom. The summed E-state index contributed by atoms with van der Waals surface area (Å²) in [5.41, 5.74) is 1.28. The van der Waals surface area contributed by atoms with Crippen molar-refractivity contribution >= 4 is 23.2 Å². The van der Waals surface area contributed by atoms with Crippen LogP contribution < -0.4 is 0 Å². The highest BCUT2D eigenvalue weighted by Crippen LogP contribution is 2.30. The third-order valence-corrected chi connectivity index (χ3v) is 3.03. The molecule has 0 fully saturated rings. The summed E-state index contributed by atoms with van der Waals surface area (Å²) in [4.78, 5) is 8.43. The van der Waals surface area contributed by atoms with Crippen LogP contribution in [0.4, 0.5) is 0 Å². The van der Waals surface area contributed by atoms with Gasteiger partial charge in [-0.1, -0.05) is 34.4 Å². The van der Waals surface area contributed by atoms with Crippen LogP contribution in [-0.2, 0) is 0 Å². The Kier molecular flexibility index (Phi) is 3.19. The zero-order chi connectivity index (χ0) is 13.2. The summed E-state index contributed by atoms with van der Waals surface area (Å²) in [6, 6.07) is 10.6. The smallest absolute Gasteiger partial charge is 0.259 e. The minimum Gasteiger partial charge on any atom is -0.334 e. The van der Waals surface area contributed by atoms with Gasteiger partial charge in [0, 0.05) is 11.2 Å². The first-order chi connectivity index (χ1) is 9.24. The van der Waals surface area contributed by atoms with Gasteiger partial charge in [-0.2, -0.15) is 4.98 Å². The molecule has 19 heavy (non-hydrogen) atoms. The van der Waals surface area contributed by atoms with Crippen LogP contribution in [0.3, 0.4) is 0 Å². The van der Waals surface area contributed by atoms with Crippen molar-refractivity contribution in [3.63, 3.8) is 0 Å². The molecule has 3 aromatic rings. The first-order valence-electron chi connectivity index (χ1n) is 5.44. The second kappa shape index (κ2) is 4.99. The number of hydrogen-bond acceptors (Lipinski definition) is 4. The van der Waals surface area contributed by atoms with Crippen LogP contribution in [0.5, 0.6) is 0 Å². The Morgan fingerprint density at radius 2 is 1.95 bits per heavy atom. The molecule has 4 nitrogen and oxygen atoms in total. The topological polar surface area (TPSA) is 51.8 Å². The molecule has 0 amide bonds. The minimum absolute atomic E-state index is 0.335. The molecule has 0 aliphatic carbocycles. The molecule has 0 radical (unpaired) electrons. The van der Waals surface area contributed by atoms with E-state index in [4.69, 9.17) is 27.7 Å². The monoisotopic (exact) mass is 291 g/mol. The number of rotatable bonds is 2. The van der Waals surface area contributed by atoms with Crippen LogP contribution in [0.2, 0.25) is 10.0 Å². The molecule has 0 unspecified atom stereocenters. The van der Waals surface area contributed by atoms with Gasteiger partial charge >= 0.3 is 0 Å². The molecule has 0 spiro atoms. The first kappa shape index (κ1) is 12.1. The Balaban J connectivity index is 2.02. The lowest BCUT2D eigenvalue weighted by atomic mass is 10.2. The van der Waals surface area contributed by atoms with Crippen LogP contribution in [0, 0.1) is 0 Å². The number of halogens is 2. The van der Waals surface area contributed by atoms with E-state index in [1.165, 1.54) is 0 Å². The second-order valence-electron chi connectivity index (χ2n) is 3.76. The van der Waals surface area contributed by atoms with Crippen LogP contribution in [-0.4, -0.2) is 15.1 Å². The summed E-state index contributed by atoms with van der Waals surface area (Å²) in [7, 11) is 0. The van der Waals surface area contributed by atoms with Gasteiger partial charge in [-0.15, -0.1) is 0 Å². The van der Waals surface area contributed by atoms with Gasteiger partial charge in [-0.25, -0.2) is 0 Å². The molecule has 0 aliphatic rings. The maximum atomic E-state index is 6.09. The molecule has 0 saturated carbocycles. The molecular weight excluding hydrogens is 285 g/mol. The Bertz CT molecular complexity index is 713. The van der Waals surface area contributed by atoms with Gasteiger partial charge in [-0.05, 0) is 30.3 Å². The molecule has 0 N–H and O–H groups in total. The van der Waals surface area contributed by atoms with Crippen LogP contribution in [0.1, 0.15) is 0 Å². The third kappa shape index (κ3) is 2.45. The Hall–Kier alpha value is -1.91. The number of pyridine rings is 1. The van der Waals surface area contributed by atoms with Gasteiger partial charge < -0.3 is 4.52 Å². The van der Waals surface area contributed by atoms with Crippen molar-refractivity contribution in [2.75, 3.05) is 0 Å². The largest absolute Gasteiger partial charge is 0.334 e. The molecule has 0 saturated heterocycles. The normalized spacial score (nSPS) is 10.6. The average molecular weight is 292 g/mol. The van der Waals surface area contributed by atoms with Gasteiger partial charge in [0.15, 0.2) is 0 Å². The Labute approximate surface area is 119 Å².